The van der Waals surface area contributed by atoms with Crippen LogP contribution in [0.1, 0.15) is 37.0 Å². The lowest BCUT2D eigenvalue weighted by Crippen LogP contribution is -2.36. The average Bonchev–Trinajstić information content (AvgIpc) is 2.28. The minimum Gasteiger partial charge on any atom is -0.462 e. The maximum absolute atomic E-state index is 11.6. The van der Waals surface area contributed by atoms with Crippen LogP contribution in [0.5, 0.6) is 0 Å². The second-order valence-corrected chi connectivity index (χ2v) is 4.84. The highest BCUT2D eigenvalue weighted by Crippen LogP contribution is 2.13. The van der Waals surface area contributed by atoms with Gasteiger partial charge in [0.05, 0.1) is 12.2 Å². The Kier molecular flexibility index (Phi) is 4.97. The van der Waals surface area contributed by atoms with Crippen LogP contribution in [0.3, 0.4) is 0 Å². The van der Waals surface area contributed by atoms with Crippen LogP contribution in [0.25, 0.3) is 0 Å². The molecule has 3 nitrogen and oxygen atoms in total. The molecule has 2 N–H and O–H groups in total. The molecule has 0 spiro atoms. The third-order valence-electron chi connectivity index (χ3n) is 2.77. The zero-order valence-electron chi connectivity index (χ0n) is 10.2. The first-order valence-electron chi connectivity index (χ1n) is 5.66. The molecule has 94 valence electrons. The molecule has 1 aromatic carbocycles. The van der Waals surface area contributed by atoms with E-state index in [1.165, 1.54) is 0 Å². The molecule has 0 aliphatic heterocycles. The number of ether oxygens (including phenoxy) is 1. The summed E-state index contributed by atoms with van der Waals surface area (Å²) in [6.45, 7) is 4.28. The number of hydrogen-bond donors (Lipinski definition) is 1. The fraction of sp³-hybridized carbons (Fsp3) is 0.462. The molecule has 0 aromatic heterocycles. The van der Waals surface area contributed by atoms with Crippen molar-refractivity contribution >= 4 is 17.6 Å². The molecule has 0 radical (unpaired) electrons. The molecule has 1 atom stereocenters. The standard InChI is InChI=1S/C13H18ClNO2/c1-3-13(2,15)7-8-17-12(16)10-5-4-6-11(14)9-10/h4-6,9H,3,7-8,15H2,1-2H3. The molecule has 0 heterocycles. The Morgan fingerprint density at radius 2 is 2.24 bits per heavy atom. The van der Waals surface area contributed by atoms with E-state index < -0.39 is 0 Å². The maximum atomic E-state index is 11.6. The highest BCUT2D eigenvalue weighted by molar-refractivity contribution is 6.30. The van der Waals surface area contributed by atoms with Gasteiger partial charge in [0.1, 0.15) is 0 Å². The van der Waals surface area contributed by atoms with Crippen LogP contribution in [0.4, 0.5) is 0 Å². The largest absolute Gasteiger partial charge is 0.462 e. The Balaban J connectivity index is 2.46. The van der Waals surface area contributed by atoms with Crippen LogP contribution in [0, 0.1) is 0 Å². The van der Waals surface area contributed by atoms with Crippen LogP contribution >= 0.6 is 11.6 Å². The maximum Gasteiger partial charge on any atom is 0.338 e. The molecule has 0 fully saturated rings. The number of nitrogens with two attached hydrogens (primary N) is 1. The van der Waals surface area contributed by atoms with Gasteiger partial charge in [-0.25, -0.2) is 4.79 Å². The molecule has 0 aliphatic rings. The average molecular weight is 256 g/mol. The van der Waals surface area contributed by atoms with Gasteiger partial charge in [-0.2, -0.15) is 0 Å². The van der Waals surface area contributed by atoms with Gasteiger partial charge in [0, 0.05) is 10.6 Å². The lowest BCUT2D eigenvalue weighted by Gasteiger charge is -2.22. The SMILES string of the molecule is CCC(C)(N)CCOC(=O)c1cccc(Cl)c1. The second kappa shape index (κ2) is 6.03. The predicted molar refractivity (Wildman–Crippen MR) is 69.2 cm³/mol. The summed E-state index contributed by atoms with van der Waals surface area (Å²) < 4.78 is 5.14. The topological polar surface area (TPSA) is 52.3 Å². The van der Waals surface area contributed by atoms with Gasteiger partial charge in [-0.15, -0.1) is 0 Å². The van der Waals surface area contributed by atoms with Gasteiger partial charge in [-0.05, 0) is 38.0 Å². The van der Waals surface area contributed by atoms with E-state index in [9.17, 15) is 4.79 Å². The summed E-state index contributed by atoms with van der Waals surface area (Å²) in [4.78, 5) is 11.6. The fourth-order valence-electron chi connectivity index (χ4n) is 1.25. The molecule has 0 saturated carbocycles. The van der Waals surface area contributed by atoms with E-state index in [1.807, 2.05) is 13.8 Å². The number of rotatable bonds is 5. The van der Waals surface area contributed by atoms with E-state index in [4.69, 9.17) is 22.1 Å². The number of esters is 1. The zero-order valence-corrected chi connectivity index (χ0v) is 11.0. The third kappa shape index (κ3) is 4.75. The number of halogens is 1. The van der Waals surface area contributed by atoms with Gasteiger partial charge in [-0.3, -0.25) is 0 Å². The summed E-state index contributed by atoms with van der Waals surface area (Å²) in [5.74, 6) is -0.362. The van der Waals surface area contributed by atoms with Gasteiger partial charge in [0.2, 0.25) is 0 Å². The molecular weight excluding hydrogens is 238 g/mol. The van der Waals surface area contributed by atoms with Crippen LogP contribution in [-0.2, 0) is 4.74 Å². The smallest absolute Gasteiger partial charge is 0.338 e. The third-order valence-corrected chi connectivity index (χ3v) is 3.01. The summed E-state index contributed by atoms with van der Waals surface area (Å²) in [7, 11) is 0. The second-order valence-electron chi connectivity index (χ2n) is 4.40. The highest BCUT2D eigenvalue weighted by Gasteiger charge is 2.16. The van der Waals surface area contributed by atoms with Crippen molar-refractivity contribution in [1.82, 2.24) is 0 Å². The minimum atomic E-state index is -0.362. The van der Waals surface area contributed by atoms with Crippen molar-refractivity contribution in [2.75, 3.05) is 6.61 Å². The van der Waals surface area contributed by atoms with E-state index in [0.717, 1.165) is 6.42 Å². The van der Waals surface area contributed by atoms with Crippen molar-refractivity contribution < 1.29 is 9.53 Å². The van der Waals surface area contributed by atoms with Crippen molar-refractivity contribution in [3.05, 3.63) is 34.9 Å². The zero-order chi connectivity index (χ0) is 12.9. The van der Waals surface area contributed by atoms with Crippen molar-refractivity contribution in [1.29, 1.82) is 0 Å². The van der Waals surface area contributed by atoms with Crippen molar-refractivity contribution in [3.8, 4) is 0 Å². The van der Waals surface area contributed by atoms with Gasteiger partial charge in [-0.1, -0.05) is 24.6 Å². The number of carbonyl (C=O) groups excluding carboxylic acids is 1. The molecule has 0 amide bonds. The van der Waals surface area contributed by atoms with E-state index in [-0.39, 0.29) is 11.5 Å². The van der Waals surface area contributed by atoms with Crippen LogP contribution in [0.2, 0.25) is 5.02 Å². The Morgan fingerprint density at radius 3 is 2.82 bits per heavy atom. The first-order valence-corrected chi connectivity index (χ1v) is 6.04. The Labute approximate surface area is 107 Å². The number of hydrogen-bond acceptors (Lipinski definition) is 3. The van der Waals surface area contributed by atoms with Gasteiger partial charge >= 0.3 is 5.97 Å². The number of benzene rings is 1. The lowest BCUT2D eigenvalue weighted by molar-refractivity contribution is 0.0477. The molecule has 4 heteroatoms. The Bertz CT molecular complexity index is 391. The molecule has 17 heavy (non-hydrogen) atoms. The molecule has 0 bridgehead atoms. The Hall–Kier alpha value is -1.06. The van der Waals surface area contributed by atoms with Crippen LogP contribution in [-0.4, -0.2) is 18.1 Å². The van der Waals surface area contributed by atoms with Crippen molar-refractivity contribution in [2.45, 2.75) is 32.2 Å². The monoisotopic (exact) mass is 255 g/mol. The van der Waals surface area contributed by atoms with Crippen molar-refractivity contribution in [3.63, 3.8) is 0 Å². The quantitative estimate of drug-likeness (QED) is 0.823. The van der Waals surface area contributed by atoms with Gasteiger partial charge in [0.25, 0.3) is 0 Å². The molecule has 1 unspecified atom stereocenters. The first-order chi connectivity index (χ1) is 7.94. The molecule has 0 saturated heterocycles. The fourth-order valence-corrected chi connectivity index (χ4v) is 1.44. The molecular formula is C13H18ClNO2. The Morgan fingerprint density at radius 1 is 1.53 bits per heavy atom. The van der Waals surface area contributed by atoms with E-state index in [0.29, 0.717) is 23.6 Å². The summed E-state index contributed by atoms with van der Waals surface area (Å²) in [6, 6.07) is 6.70. The van der Waals surface area contributed by atoms with Crippen molar-refractivity contribution in [2.24, 2.45) is 5.73 Å². The van der Waals surface area contributed by atoms with E-state index in [2.05, 4.69) is 0 Å². The predicted octanol–water partition coefficient (Wildman–Crippen LogP) is 3.01. The normalized spacial score (nSPS) is 14.1. The van der Waals surface area contributed by atoms with E-state index in [1.54, 1.807) is 24.3 Å². The molecule has 0 aliphatic carbocycles. The molecule has 1 rings (SSSR count). The highest BCUT2D eigenvalue weighted by atomic mass is 35.5. The summed E-state index contributed by atoms with van der Waals surface area (Å²) in [5.41, 5.74) is 6.13. The summed E-state index contributed by atoms with van der Waals surface area (Å²) in [6.07, 6.45) is 1.50. The van der Waals surface area contributed by atoms with Crippen LogP contribution in [0.15, 0.2) is 24.3 Å². The summed E-state index contributed by atoms with van der Waals surface area (Å²) >= 11 is 5.79. The van der Waals surface area contributed by atoms with Gasteiger partial charge in [0.15, 0.2) is 0 Å². The van der Waals surface area contributed by atoms with Gasteiger partial charge < -0.3 is 10.5 Å². The molecule has 1 aromatic rings. The minimum absolute atomic E-state index is 0.283. The summed E-state index contributed by atoms with van der Waals surface area (Å²) in [5, 5.41) is 0.525. The van der Waals surface area contributed by atoms with E-state index >= 15 is 0 Å². The lowest BCUT2D eigenvalue weighted by atomic mass is 9.97. The first kappa shape index (κ1) is 14.0. The van der Waals surface area contributed by atoms with Crippen LogP contribution < -0.4 is 5.73 Å². The number of carbonyl (C=O) groups is 1.